The molecule has 6 aromatic rings. The van der Waals surface area contributed by atoms with Gasteiger partial charge in [-0.1, -0.05) is 84.9 Å². The van der Waals surface area contributed by atoms with Crippen LogP contribution in [0.3, 0.4) is 0 Å². The third-order valence-electron chi connectivity index (χ3n) is 9.70. The molecule has 1 aliphatic rings. The summed E-state index contributed by atoms with van der Waals surface area (Å²) >= 11 is 6.67. The highest BCUT2D eigenvalue weighted by Gasteiger charge is 2.52. The number of nitrogens with zero attached hydrogens (tertiary/aromatic N) is 4. The van der Waals surface area contributed by atoms with Crippen molar-refractivity contribution in [2.75, 3.05) is 23.9 Å². The molecule has 2 amide bonds. The highest BCUT2D eigenvalue weighted by Crippen LogP contribution is 2.46. The van der Waals surface area contributed by atoms with Crippen molar-refractivity contribution in [3.8, 4) is 0 Å². The van der Waals surface area contributed by atoms with Crippen LogP contribution in [-0.4, -0.2) is 97.3 Å². The van der Waals surface area contributed by atoms with Crippen molar-refractivity contribution in [3.05, 3.63) is 156 Å². The van der Waals surface area contributed by atoms with Crippen LogP contribution < -0.4 is 10.6 Å². The van der Waals surface area contributed by atoms with E-state index in [0.717, 1.165) is 5.56 Å². The van der Waals surface area contributed by atoms with Crippen molar-refractivity contribution in [2.24, 2.45) is 0 Å². The van der Waals surface area contributed by atoms with E-state index in [4.69, 9.17) is 39.8 Å². The van der Waals surface area contributed by atoms with Crippen molar-refractivity contribution >= 4 is 77.2 Å². The van der Waals surface area contributed by atoms with Gasteiger partial charge in [-0.2, -0.15) is 11.8 Å². The van der Waals surface area contributed by atoms with Gasteiger partial charge >= 0.3 is 30.7 Å². The van der Waals surface area contributed by atoms with Gasteiger partial charge in [-0.3, -0.25) is 13.9 Å². The fraction of sp³-hybridized carbons (Fsp3) is 0.227. The lowest BCUT2D eigenvalue weighted by molar-refractivity contribution is -0.137. The van der Waals surface area contributed by atoms with E-state index in [9.17, 15) is 28.9 Å². The van der Waals surface area contributed by atoms with E-state index in [2.05, 4.69) is 25.6 Å². The molecule has 0 aliphatic carbocycles. The van der Waals surface area contributed by atoms with Crippen LogP contribution in [0.5, 0.6) is 0 Å². The molecule has 1 aliphatic heterocycles. The zero-order chi connectivity index (χ0) is 45.8. The van der Waals surface area contributed by atoms with E-state index in [0.29, 0.717) is 11.3 Å². The number of anilines is 1. The zero-order valence-corrected chi connectivity index (χ0v) is 36.9. The Bertz CT molecular complexity index is 2650. The number of aromatic nitrogens is 4. The fourth-order valence-electron chi connectivity index (χ4n) is 6.53. The van der Waals surface area contributed by atoms with Crippen molar-refractivity contribution in [3.63, 3.8) is 0 Å². The molecule has 1 fully saturated rings. The van der Waals surface area contributed by atoms with Crippen LogP contribution in [0.2, 0.25) is 0 Å². The molecule has 3 heterocycles. The number of benzene rings is 4. The number of rotatable bonds is 18. The Morgan fingerprint density at radius 2 is 1.40 bits per heavy atom. The van der Waals surface area contributed by atoms with E-state index in [1.54, 1.807) is 97.3 Å². The molecule has 0 bridgehead atoms. The van der Waals surface area contributed by atoms with Crippen LogP contribution in [0, 0.1) is 0 Å². The standard InChI is InChI=1S/C44H41N6O12PS2/c1-65-23-22-32(48-44(55)57-24-28-14-6-2-7-15-28)43(54)62-63(56,64)58-25-33-35(60-41(52)30-18-10-4-11-19-30)36(61-42(53)31-20-12-5-13-21-31)40(59-33)50-27-47-34-37(45-26-46-38(34)50)49-39(51)29-16-8-3-9-17-29/h2-21,26-27,32-33,35-36,40H,22-25H2,1H3,(H,48,55)(H,56,64)(H,45,46,49,51)/t32-,33+,35+,36+,40+,63?/m0/s1. The maximum atomic E-state index is 13.8. The third kappa shape index (κ3) is 12.2. The Balaban J connectivity index is 1.16. The van der Waals surface area contributed by atoms with Crippen LogP contribution in [0.25, 0.3) is 11.2 Å². The number of carbonyl (C=O) groups excluding carboxylic acids is 5. The summed E-state index contributed by atoms with van der Waals surface area (Å²) in [6, 6.07) is 32.1. The zero-order valence-electron chi connectivity index (χ0n) is 34.4. The minimum atomic E-state index is -4.50. The lowest BCUT2D eigenvalue weighted by Crippen LogP contribution is -2.42. The lowest BCUT2D eigenvalue weighted by Gasteiger charge is -2.25. The summed E-state index contributed by atoms with van der Waals surface area (Å²) in [5.74, 6) is -2.72. The summed E-state index contributed by atoms with van der Waals surface area (Å²) in [4.78, 5) is 91.2. The monoisotopic (exact) mass is 940 g/mol. The van der Waals surface area contributed by atoms with Gasteiger partial charge in [0.1, 0.15) is 25.1 Å². The SMILES string of the molecule is CSCC[C@H](NC(=O)OCc1ccccc1)C(=O)OP(O)(=S)OC[C@H]1O[C@@H](n2cnc3c(NC(=O)c4ccccc4)ncnc32)[C@H](OC(=O)c2ccccc2)[C@@H]1OC(=O)c1ccccc1. The van der Waals surface area contributed by atoms with Crippen LogP contribution >= 0.6 is 18.5 Å². The first kappa shape index (κ1) is 46.5. The van der Waals surface area contributed by atoms with Gasteiger partial charge in [0.25, 0.3) is 5.91 Å². The maximum absolute atomic E-state index is 13.8. The Morgan fingerprint density at radius 3 is 2.02 bits per heavy atom. The van der Waals surface area contributed by atoms with E-state index in [1.165, 1.54) is 53.2 Å². The molecule has 0 spiro atoms. The Kier molecular flexibility index (Phi) is 15.6. The number of hydrogen-bond acceptors (Lipinski definition) is 16. The second-order valence-electron chi connectivity index (χ2n) is 14.1. The van der Waals surface area contributed by atoms with Gasteiger partial charge < -0.3 is 39.0 Å². The summed E-state index contributed by atoms with van der Waals surface area (Å²) in [5.41, 5.74) is 1.65. The minimum absolute atomic E-state index is 0.0583. The summed E-state index contributed by atoms with van der Waals surface area (Å²) in [5, 5.41) is 5.20. The van der Waals surface area contributed by atoms with E-state index in [1.807, 2.05) is 6.07 Å². The maximum Gasteiger partial charge on any atom is 0.408 e. The number of imidazole rings is 1. The number of carbonyl (C=O) groups is 5. The van der Waals surface area contributed by atoms with Crippen molar-refractivity contribution in [1.82, 2.24) is 24.8 Å². The smallest absolute Gasteiger partial charge is 0.408 e. The number of esters is 2. The van der Waals surface area contributed by atoms with Gasteiger partial charge in [-0.25, -0.2) is 34.1 Å². The first-order valence-electron chi connectivity index (χ1n) is 19.9. The van der Waals surface area contributed by atoms with Crippen LogP contribution in [0.1, 0.15) is 49.3 Å². The molecule has 7 rings (SSSR count). The van der Waals surface area contributed by atoms with E-state index < -0.39 is 73.8 Å². The number of amides is 2. The van der Waals surface area contributed by atoms with Gasteiger partial charge in [0.15, 0.2) is 35.4 Å². The number of thioether (sulfide) groups is 1. The Morgan fingerprint density at radius 1 is 0.815 bits per heavy atom. The number of alkyl carbamates (subject to hydrolysis) is 1. The molecule has 21 heteroatoms. The lowest BCUT2D eigenvalue weighted by atomic mass is 10.1. The molecule has 1 saturated heterocycles. The largest absolute Gasteiger partial charge is 0.452 e. The summed E-state index contributed by atoms with van der Waals surface area (Å²) < 4.78 is 36.3. The average molecular weight is 941 g/mol. The summed E-state index contributed by atoms with van der Waals surface area (Å²) in [7, 11) is 0. The second-order valence-corrected chi connectivity index (χ2v) is 17.9. The Hall–Kier alpha value is -6.54. The van der Waals surface area contributed by atoms with Crippen molar-refractivity contribution in [2.45, 2.75) is 43.6 Å². The quantitative estimate of drug-likeness (QED) is 0.0491. The average Bonchev–Trinajstić information content (AvgIpc) is 3.91. The van der Waals surface area contributed by atoms with Crippen LogP contribution in [-0.2, 0) is 51.2 Å². The Labute approximate surface area is 381 Å². The van der Waals surface area contributed by atoms with E-state index >= 15 is 0 Å². The molecule has 65 heavy (non-hydrogen) atoms. The molecule has 6 atom stereocenters. The number of hydrogen-bond donors (Lipinski definition) is 3. The van der Waals surface area contributed by atoms with Gasteiger partial charge in [0.05, 0.1) is 24.1 Å². The van der Waals surface area contributed by atoms with Gasteiger partial charge in [0.2, 0.25) is 0 Å². The fourth-order valence-corrected chi connectivity index (χ4v) is 8.14. The predicted molar refractivity (Wildman–Crippen MR) is 240 cm³/mol. The normalized spacial score (nSPS) is 18.1. The number of ether oxygens (including phenoxy) is 4. The molecule has 3 N–H and O–H groups in total. The third-order valence-corrected chi connectivity index (χ3v) is 11.8. The predicted octanol–water partition coefficient (Wildman–Crippen LogP) is 6.25. The number of nitrogens with one attached hydrogen (secondary N) is 2. The van der Waals surface area contributed by atoms with Crippen molar-refractivity contribution in [1.29, 1.82) is 0 Å². The molecule has 0 radical (unpaired) electrons. The van der Waals surface area contributed by atoms with Crippen molar-refractivity contribution < 1.29 is 56.9 Å². The number of fused-ring (bicyclic) bond motifs is 1. The first-order chi connectivity index (χ1) is 31.5. The minimum Gasteiger partial charge on any atom is -0.452 e. The van der Waals surface area contributed by atoms with Gasteiger partial charge in [-0.15, -0.1) is 0 Å². The summed E-state index contributed by atoms with van der Waals surface area (Å²) in [6.45, 7) is -5.23. The molecule has 18 nitrogen and oxygen atoms in total. The molecule has 336 valence electrons. The molecule has 0 saturated carbocycles. The molecule has 2 aromatic heterocycles. The van der Waals surface area contributed by atoms with Crippen LogP contribution in [0.4, 0.5) is 10.6 Å². The van der Waals surface area contributed by atoms with Gasteiger partial charge in [-0.05, 0) is 60.4 Å². The van der Waals surface area contributed by atoms with E-state index in [-0.39, 0.29) is 41.1 Å². The summed E-state index contributed by atoms with van der Waals surface area (Å²) in [6.07, 6.45) is -2.17. The molecule has 4 aromatic carbocycles. The molecular weight excluding hydrogens is 900 g/mol. The second kappa shape index (κ2) is 21.9. The topological polar surface area (TPSA) is 229 Å². The first-order valence-corrected chi connectivity index (χ1v) is 23.9. The highest BCUT2D eigenvalue weighted by atomic mass is 32.5. The highest BCUT2D eigenvalue weighted by molar-refractivity contribution is 8.07. The van der Waals surface area contributed by atoms with Gasteiger partial charge in [0, 0.05) is 17.4 Å². The molecule has 1 unspecified atom stereocenters. The van der Waals surface area contributed by atoms with Crippen LogP contribution in [0.15, 0.2) is 134 Å². The molecular formula is C44H41N6O12PS2.